The minimum atomic E-state index is -0.344. The molecule has 1 amide bonds. The van der Waals surface area contributed by atoms with Crippen LogP contribution in [0.4, 0.5) is 4.79 Å². The summed E-state index contributed by atoms with van der Waals surface area (Å²) in [4.78, 5) is 11.7. The van der Waals surface area contributed by atoms with Gasteiger partial charge in [0, 0.05) is 6.54 Å². The van der Waals surface area contributed by atoms with Crippen molar-refractivity contribution in [1.29, 1.82) is 0 Å². The molecule has 0 saturated heterocycles. The van der Waals surface area contributed by atoms with Gasteiger partial charge in [-0.25, -0.2) is 4.79 Å². The summed E-state index contributed by atoms with van der Waals surface area (Å²) in [5, 5.41) is 2.75. The first-order valence-corrected chi connectivity index (χ1v) is 6.93. The topological polar surface area (TPSA) is 38.3 Å². The average Bonchev–Trinajstić information content (AvgIpc) is 2.33. The third-order valence-electron chi connectivity index (χ3n) is 3.44. The molecule has 0 spiro atoms. The fourth-order valence-electron chi connectivity index (χ4n) is 2.69. The molecule has 1 aliphatic carbocycles. The number of nitrogens with one attached hydrogen (secondary N) is 1. The van der Waals surface area contributed by atoms with Crippen molar-refractivity contribution in [2.45, 2.75) is 39.2 Å². The highest BCUT2D eigenvalue weighted by Gasteiger charge is 2.26. The summed E-state index contributed by atoms with van der Waals surface area (Å²) >= 11 is 0. The fraction of sp³-hybridized carbons (Fsp3) is 0.562. The molecule has 0 aromatic carbocycles. The minimum Gasteiger partial charge on any atom is -0.446 e. The molecule has 1 saturated carbocycles. The van der Waals surface area contributed by atoms with Crippen molar-refractivity contribution in [3.8, 4) is 0 Å². The van der Waals surface area contributed by atoms with Crippen molar-refractivity contribution < 1.29 is 9.53 Å². The zero-order valence-corrected chi connectivity index (χ0v) is 12.0. The number of ether oxygens (including phenoxy) is 1. The van der Waals surface area contributed by atoms with Crippen LogP contribution in [0.25, 0.3) is 0 Å². The number of hydrogen-bond donors (Lipinski definition) is 1. The Labute approximate surface area is 116 Å². The lowest BCUT2D eigenvalue weighted by Crippen LogP contribution is -2.34. The molecule has 0 heterocycles. The van der Waals surface area contributed by atoms with E-state index >= 15 is 0 Å². The van der Waals surface area contributed by atoms with Crippen molar-refractivity contribution in [1.82, 2.24) is 5.32 Å². The van der Waals surface area contributed by atoms with Gasteiger partial charge in [-0.2, -0.15) is 0 Å². The van der Waals surface area contributed by atoms with Gasteiger partial charge in [-0.3, -0.25) is 0 Å². The molecule has 0 aromatic heterocycles. The smallest absolute Gasteiger partial charge is 0.407 e. The van der Waals surface area contributed by atoms with Gasteiger partial charge in [0.15, 0.2) is 0 Å². The summed E-state index contributed by atoms with van der Waals surface area (Å²) < 4.78 is 5.47. The van der Waals surface area contributed by atoms with Gasteiger partial charge in [0.25, 0.3) is 0 Å². The molecule has 2 atom stereocenters. The lowest BCUT2D eigenvalue weighted by molar-refractivity contribution is 0.0473. The second-order valence-electron chi connectivity index (χ2n) is 5.48. The number of alkyl carbamates (subject to hydrolysis) is 1. The summed E-state index contributed by atoms with van der Waals surface area (Å²) in [6.07, 6.45) is 8.06. The van der Waals surface area contributed by atoms with E-state index in [0.717, 1.165) is 18.4 Å². The summed E-state index contributed by atoms with van der Waals surface area (Å²) in [5.74, 6) is 1.26. The molecule has 0 aromatic rings. The first-order chi connectivity index (χ1) is 9.05. The van der Waals surface area contributed by atoms with Crippen LogP contribution in [0, 0.1) is 11.8 Å². The molecule has 1 aliphatic rings. The first kappa shape index (κ1) is 15.5. The maximum absolute atomic E-state index is 11.7. The summed E-state index contributed by atoms with van der Waals surface area (Å²) in [7, 11) is 0. The van der Waals surface area contributed by atoms with Gasteiger partial charge in [-0.15, -0.1) is 0 Å². The Morgan fingerprint density at radius 3 is 2.42 bits per heavy atom. The van der Waals surface area contributed by atoms with Gasteiger partial charge in [0.05, 0.1) is 0 Å². The highest BCUT2D eigenvalue weighted by atomic mass is 16.6. The minimum absolute atomic E-state index is 0.0503. The zero-order valence-electron chi connectivity index (χ0n) is 12.0. The number of allylic oxidation sites excluding steroid dienone is 2. The van der Waals surface area contributed by atoms with Crippen LogP contribution in [0.5, 0.6) is 0 Å². The van der Waals surface area contributed by atoms with Gasteiger partial charge in [-0.1, -0.05) is 45.2 Å². The maximum atomic E-state index is 11.7. The van der Waals surface area contributed by atoms with Crippen LogP contribution in [0.1, 0.15) is 33.1 Å². The Bertz CT molecular complexity index is 350. The van der Waals surface area contributed by atoms with E-state index in [2.05, 4.69) is 32.3 Å². The molecule has 19 heavy (non-hydrogen) atoms. The summed E-state index contributed by atoms with van der Waals surface area (Å²) in [6.45, 7) is 12.2. The van der Waals surface area contributed by atoms with Gasteiger partial charge >= 0.3 is 6.09 Å². The van der Waals surface area contributed by atoms with Crippen LogP contribution < -0.4 is 5.32 Å². The summed E-state index contributed by atoms with van der Waals surface area (Å²) in [6, 6.07) is 0. The van der Waals surface area contributed by atoms with Gasteiger partial charge in [-0.05, 0) is 36.7 Å². The van der Waals surface area contributed by atoms with Crippen LogP contribution >= 0.6 is 0 Å². The molecule has 1 N–H and O–H groups in total. The normalized spacial score (nSPS) is 27.5. The molecule has 106 valence electrons. The van der Waals surface area contributed by atoms with Crippen LogP contribution in [0.2, 0.25) is 0 Å². The second-order valence-corrected chi connectivity index (χ2v) is 5.48. The number of carbonyl (C=O) groups is 1. The van der Waals surface area contributed by atoms with E-state index in [9.17, 15) is 4.79 Å². The SMILES string of the molecule is C=C/C=C(\C=C)CNC(=O)OC1CC(C)CC(C)C1. The van der Waals surface area contributed by atoms with Crippen LogP contribution in [-0.4, -0.2) is 18.7 Å². The molecule has 1 rings (SSSR count). The maximum Gasteiger partial charge on any atom is 0.407 e. The Morgan fingerprint density at radius 1 is 1.26 bits per heavy atom. The predicted molar refractivity (Wildman–Crippen MR) is 78.9 cm³/mol. The van der Waals surface area contributed by atoms with Gasteiger partial charge < -0.3 is 10.1 Å². The Morgan fingerprint density at radius 2 is 1.89 bits per heavy atom. The second kappa shape index (κ2) is 7.82. The fourth-order valence-corrected chi connectivity index (χ4v) is 2.69. The van der Waals surface area contributed by atoms with E-state index in [1.165, 1.54) is 6.42 Å². The van der Waals surface area contributed by atoms with E-state index in [1.807, 2.05) is 6.08 Å². The molecule has 1 fully saturated rings. The van der Waals surface area contributed by atoms with E-state index in [1.54, 1.807) is 12.2 Å². The number of amides is 1. The Kier molecular flexibility index (Phi) is 6.40. The van der Waals surface area contributed by atoms with E-state index in [0.29, 0.717) is 18.4 Å². The van der Waals surface area contributed by atoms with Crippen molar-refractivity contribution >= 4 is 6.09 Å². The van der Waals surface area contributed by atoms with E-state index in [4.69, 9.17) is 4.74 Å². The highest BCUT2D eigenvalue weighted by Crippen LogP contribution is 2.30. The first-order valence-electron chi connectivity index (χ1n) is 6.93. The summed E-state index contributed by atoms with van der Waals surface area (Å²) in [5.41, 5.74) is 0.914. The number of rotatable bonds is 5. The van der Waals surface area contributed by atoms with Crippen molar-refractivity contribution in [2.24, 2.45) is 11.8 Å². The predicted octanol–water partition coefficient (Wildman–Crippen LogP) is 3.84. The Hall–Kier alpha value is -1.51. The monoisotopic (exact) mass is 263 g/mol. The van der Waals surface area contributed by atoms with Crippen LogP contribution in [-0.2, 0) is 4.74 Å². The standard InChI is InChI=1S/C16H25NO2/c1-5-7-14(6-2)11-17-16(18)19-15-9-12(3)8-13(4)10-15/h5-7,12-13,15H,1-2,8-11H2,3-4H3,(H,17,18)/b14-7+. The molecular formula is C16H25NO2. The Balaban J connectivity index is 2.36. The van der Waals surface area contributed by atoms with Crippen molar-refractivity contribution in [3.05, 3.63) is 37.0 Å². The van der Waals surface area contributed by atoms with Crippen molar-refractivity contribution in [2.75, 3.05) is 6.54 Å². The van der Waals surface area contributed by atoms with Gasteiger partial charge in [0.2, 0.25) is 0 Å². The van der Waals surface area contributed by atoms with Gasteiger partial charge in [0.1, 0.15) is 6.10 Å². The molecule has 0 aliphatic heterocycles. The largest absolute Gasteiger partial charge is 0.446 e. The number of carbonyl (C=O) groups excluding carboxylic acids is 1. The van der Waals surface area contributed by atoms with Crippen LogP contribution in [0.3, 0.4) is 0 Å². The van der Waals surface area contributed by atoms with Crippen LogP contribution in [0.15, 0.2) is 37.0 Å². The molecule has 3 nitrogen and oxygen atoms in total. The lowest BCUT2D eigenvalue weighted by Gasteiger charge is -2.30. The lowest BCUT2D eigenvalue weighted by atomic mass is 9.82. The number of hydrogen-bond acceptors (Lipinski definition) is 2. The zero-order chi connectivity index (χ0) is 14.3. The average molecular weight is 263 g/mol. The third kappa shape index (κ3) is 5.77. The van der Waals surface area contributed by atoms with E-state index < -0.39 is 0 Å². The van der Waals surface area contributed by atoms with Crippen molar-refractivity contribution in [3.63, 3.8) is 0 Å². The third-order valence-corrected chi connectivity index (χ3v) is 3.44. The highest BCUT2D eigenvalue weighted by molar-refractivity contribution is 5.67. The molecule has 2 unspecified atom stereocenters. The van der Waals surface area contributed by atoms with E-state index in [-0.39, 0.29) is 12.2 Å². The molecule has 0 bridgehead atoms. The molecular weight excluding hydrogens is 238 g/mol. The molecule has 0 radical (unpaired) electrons. The molecule has 3 heteroatoms. The quantitative estimate of drug-likeness (QED) is 0.765.